The minimum Gasteiger partial charge on any atom is -0.507 e. The van der Waals surface area contributed by atoms with E-state index in [-0.39, 0.29) is 23.7 Å². The zero-order valence-corrected chi connectivity index (χ0v) is 10.2. The molecule has 2 aromatic rings. The predicted octanol–water partition coefficient (Wildman–Crippen LogP) is 3.31. The molecular weight excluding hydrogens is 252 g/mol. The maximum absolute atomic E-state index is 11.8. The molecule has 1 N–H and O–H groups in total. The van der Waals surface area contributed by atoms with E-state index in [1.165, 1.54) is 6.07 Å². The standard InChI is InChI=1S/C14H11ClO3/c15-10-5-7-11(8-6-10)18-9-14(17)12-3-1-2-4-13(12)16/h1-8,16H,9H2. The second-order valence-corrected chi connectivity index (χ2v) is 4.12. The van der Waals surface area contributed by atoms with Crippen LogP contribution in [0.25, 0.3) is 0 Å². The molecule has 0 unspecified atom stereocenters. The minimum absolute atomic E-state index is 0.0396. The summed E-state index contributed by atoms with van der Waals surface area (Å²) in [5.74, 6) is 0.244. The zero-order chi connectivity index (χ0) is 13.0. The van der Waals surface area contributed by atoms with E-state index in [0.717, 1.165) is 0 Å². The van der Waals surface area contributed by atoms with Gasteiger partial charge in [-0.15, -0.1) is 0 Å². The fraction of sp³-hybridized carbons (Fsp3) is 0.0714. The molecule has 0 radical (unpaired) electrons. The lowest BCUT2D eigenvalue weighted by molar-refractivity contribution is 0.0919. The molecule has 0 fully saturated rings. The van der Waals surface area contributed by atoms with Crippen LogP contribution in [0.3, 0.4) is 0 Å². The summed E-state index contributed by atoms with van der Waals surface area (Å²) in [6.07, 6.45) is 0. The highest BCUT2D eigenvalue weighted by Gasteiger charge is 2.10. The van der Waals surface area contributed by atoms with Crippen LogP contribution in [-0.2, 0) is 0 Å². The van der Waals surface area contributed by atoms with Gasteiger partial charge in [-0.1, -0.05) is 23.7 Å². The van der Waals surface area contributed by atoms with Crippen molar-refractivity contribution in [2.45, 2.75) is 0 Å². The van der Waals surface area contributed by atoms with Crippen LogP contribution in [0.2, 0.25) is 5.02 Å². The maximum Gasteiger partial charge on any atom is 0.203 e. The topological polar surface area (TPSA) is 46.5 Å². The second-order valence-electron chi connectivity index (χ2n) is 3.68. The summed E-state index contributed by atoms with van der Waals surface area (Å²) in [5.41, 5.74) is 0.256. The van der Waals surface area contributed by atoms with Crippen molar-refractivity contribution in [3.8, 4) is 11.5 Å². The van der Waals surface area contributed by atoms with Crippen molar-refractivity contribution < 1.29 is 14.6 Å². The number of hydrogen-bond acceptors (Lipinski definition) is 3. The number of Topliss-reactive ketones (excluding diaryl/α,β-unsaturated/α-hetero) is 1. The smallest absolute Gasteiger partial charge is 0.203 e. The molecule has 0 aliphatic rings. The lowest BCUT2D eigenvalue weighted by Crippen LogP contribution is -2.11. The molecule has 92 valence electrons. The van der Waals surface area contributed by atoms with Gasteiger partial charge in [-0.05, 0) is 36.4 Å². The summed E-state index contributed by atoms with van der Waals surface area (Å²) >= 11 is 5.74. The van der Waals surface area contributed by atoms with Gasteiger partial charge in [-0.2, -0.15) is 0 Å². The lowest BCUT2D eigenvalue weighted by Gasteiger charge is -2.06. The molecule has 2 rings (SSSR count). The Balaban J connectivity index is 2.01. The van der Waals surface area contributed by atoms with E-state index in [4.69, 9.17) is 16.3 Å². The van der Waals surface area contributed by atoms with Crippen LogP contribution in [0, 0.1) is 0 Å². The predicted molar refractivity (Wildman–Crippen MR) is 69.4 cm³/mol. The summed E-state index contributed by atoms with van der Waals surface area (Å²) in [4.78, 5) is 11.8. The number of ketones is 1. The molecular formula is C14H11ClO3. The molecule has 0 bridgehead atoms. The number of halogens is 1. The summed E-state index contributed by atoms with van der Waals surface area (Å²) in [6.45, 7) is -0.126. The average Bonchev–Trinajstić information content (AvgIpc) is 2.38. The summed E-state index contributed by atoms with van der Waals surface area (Å²) in [6, 6.07) is 13.1. The molecule has 0 atom stereocenters. The van der Waals surface area contributed by atoms with Crippen LogP contribution in [0.5, 0.6) is 11.5 Å². The molecule has 18 heavy (non-hydrogen) atoms. The highest BCUT2D eigenvalue weighted by atomic mass is 35.5. The number of aromatic hydroxyl groups is 1. The Kier molecular flexibility index (Phi) is 3.85. The van der Waals surface area contributed by atoms with Crippen molar-refractivity contribution in [3.63, 3.8) is 0 Å². The number of ether oxygens (including phenoxy) is 1. The first kappa shape index (κ1) is 12.5. The van der Waals surface area contributed by atoms with Crippen LogP contribution < -0.4 is 4.74 Å². The molecule has 0 saturated heterocycles. The van der Waals surface area contributed by atoms with Crippen LogP contribution in [0.1, 0.15) is 10.4 Å². The van der Waals surface area contributed by atoms with Crippen molar-refractivity contribution in [2.24, 2.45) is 0 Å². The minimum atomic E-state index is -0.275. The van der Waals surface area contributed by atoms with Gasteiger partial charge >= 0.3 is 0 Å². The SMILES string of the molecule is O=C(COc1ccc(Cl)cc1)c1ccccc1O. The van der Waals surface area contributed by atoms with Gasteiger partial charge in [0.05, 0.1) is 5.56 Å². The Labute approximate surface area is 110 Å². The summed E-state index contributed by atoms with van der Waals surface area (Å²) in [5, 5.41) is 10.1. The lowest BCUT2D eigenvalue weighted by atomic mass is 10.1. The normalized spacial score (nSPS) is 10.1. The van der Waals surface area contributed by atoms with Gasteiger partial charge in [0.15, 0.2) is 6.61 Å². The molecule has 0 spiro atoms. The number of phenols is 1. The zero-order valence-electron chi connectivity index (χ0n) is 9.47. The maximum atomic E-state index is 11.8. The van der Waals surface area contributed by atoms with Crippen LogP contribution in [-0.4, -0.2) is 17.5 Å². The quantitative estimate of drug-likeness (QED) is 0.860. The number of phenolic OH excluding ortho intramolecular Hbond substituents is 1. The van der Waals surface area contributed by atoms with Crippen LogP contribution in [0.15, 0.2) is 48.5 Å². The third-order valence-electron chi connectivity index (χ3n) is 2.39. The molecule has 0 aliphatic heterocycles. The largest absolute Gasteiger partial charge is 0.507 e. The first-order valence-corrected chi connectivity index (χ1v) is 5.74. The third kappa shape index (κ3) is 3.02. The van der Waals surface area contributed by atoms with Gasteiger partial charge in [0.25, 0.3) is 0 Å². The first-order valence-electron chi connectivity index (χ1n) is 5.36. The van der Waals surface area contributed by atoms with E-state index in [1.54, 1.807) is 42.5 Å². The molecule has 0 amide bonds. The number of para-hydroxylation sites is 1. The molecule has 3 nitrogen and oxygen atoms in total. The van der Waals surface area contributed by atoms with E-state index in [9.17, 15) is 9.90 Å². The Morgan fingerprint density at radius 2 is 1.78 bits per heavy atom. The molecule has 2 aromatic carbocycles. The van der Waals surface area contributed by atoms with Gasteiger partial charge in [0.2, 0.25) is 5.78 Å². The molecule has 4 heteroatoms. The van der Waals surface area contributed by atoms with Gasteiger partial charge in [-0.3, -0.25) is 4.79 Å². The monoisotopic (exact) mass is 262 g/mol. The summed E-state index contributed by atoms with van der Waals surface area (Å²) in [7, 11) is 0. The van der Waals surface area contributed by atoms with Gasteiger partial charge < -0.3 is 9.84 Å². The molecule has 0 aromatic heterocycles. The van der Waals surface area contributed by atoms with E-state index >= 15 is 0 Å². The van der Waals surface area contributed by atoms with Crippen LogP contribution >= 0.6 is 11.6 Å². The Morgan fingerprint density at radius 3 is 2.44 bits per heavy atom. The second kappa shape index (κ2) is 5.56. The number of carbonyl (C=O) groups is 1. The fourth-order valence-electron chi connectivity index (χ4n) is 1.47. The number of rotatable bonds is 4. The number of benzene rings is 2. The number of carbonyl (C=O) groups excluding carboxylic acids is 1. The first-order chi connectivity index (χ1) is 8.66. The van der Waals surface area contributed by atoms with Gasteiger partial charge in [0.1, 0.15) is 11.5 Å². The molecule has 0 saturated carbocycles. The van der Waals surface area contributed by atoms with E-state index in [2.05, 4.69) is 0 Å². The third-order valence-corrected chi connectivity index (χ3v) is 2.64. The van der Waals surface area contributed by atoms with E-state index < -0.39 is 0 Å². The highest BCUT2D eigenvalue weighted by Crippen LogP contribution is 2.18. The van der Waals surface area contributed by atoms with E-state index in [0.29, 0.717) is 10.8 Å². The fourth-order valence-corrected chi connectivity index (χ4v) is 1.59. The van der Waals surface area contributed by atoms with E-state index in [1.807, 2.05) is 0 Å². The van der Waals surface area contributed by atoms with Gasteiger partial charge in [-0.25, -0.2) is 0 Å². The molecule has 0 aliphatic carbocycles. The Bertz CT molecular complexity index is 549. The van der Waals surface area contributed by atoms with Crippen molar-refractivity contribution in [1.29, 1.82) is 0 Å². The van der Waals surface area contributed by atoms with Crippen molar-refractivity contribution in [3.05, 3.63) is 59.1 Å². The Hall–Kier alpha value is -2.00. The number of hydrogen-bond donors (Lipinski definition) is 1. The highest BCUT2D eigenvalue weighted by molar-refractivity contribution is 6.30. The average molecular weight is 263 g/mol. The summed E-state index contributed by atoms with van der Waals surface area (Å²) < 4.78 is 5.31. The van der Waals surface area contributed by atoms with Crippen LogP contribution in [0.4, 0.5) is 0 Å². The Morgan fingerprint density at radius 1 is 1.11 bits per heavy atom. The molecule has 0 heterocycles. The van der Waals surface area contributed by atoms with Crippen molar-refractivity contribution >= 4 is 17.4 Å². The van der Waals surface area contributed by atoms with Crippen molar-refractivity contribution in [2.75, 3.05) is 6.61 Å². The van der Waals surface area contributed by atoms with Gasteiger partial charge in [0, 0.05) is 5.02 Å². The van der Waals surface area contributed by atoms with Crippen molar-refractivity contribution in [1.82, 2.24) is 0 Å².